The first-order valence-corrected chi connectivity index (χ1v) is 13.3. The van der Waals surface area contributed by atoms with Gasteiger partial charge in [0.15, 0.2) is 4.80 Å². The van der Waals surface area contributed by atoms with Crippen LogP contribution in [0, 0.1) is 5.82 Å². The Morgan fingerprint density at radius 1 is 1.14 bits per heavy atom. The first-order chi connectivity index (χ1) is 17.9. The van der Waals surface area contributed by atoms with E-state index in [2.05, 4.69) is 4.99 Å². The number of aromatic nitrogens is 1. The maximum Gasteiger partial charge on any atom is 0.338 e. The third-order valence-electron chi connectivity index (χ3n) is 5.83. The number of hydrogen-bond acceptors (Lipinski definition) is 7. The number of carbonyl (C=O) groups excluding carboxylic acids is 1. The topological polar surface area (TPSA) is 69.9 Å². The number of ether oxygens (including phenoxy) is 2. The standard InChI is InChI=1S/C28H23FN2O4S2/c1-3-34-27(33)24-17(2)30-28-31(25(24)22-5-4-14-36-22)26(32)23(37-28)15-18-8-12-21(13-9-18)35-16-19-6-10-20(29)11-7-19/h4-15,25H,3,16H2,1-2H3/b23-15-/t25-/m1/s1. The molecule has 37 heavy (non-hydrogen) atoms. The Balaban J connectivity index is 1.46. The van der Waals surface area contributed by atoms with Crippen LogP contribution < -0.4 is 19.6 Å². The van der Waals surface area contributed by atoms with Crippen molar-refractivity contribution in [2.24, 2.45) is 4.99 Å². The van der Waals surface area contributed by atoms with Gasteiger partial charge in [0.05, 0.1) is 22.4 Å². The quantitative estimate of drug-likeness (QED) is 0.326. The van der Waals surface area contributed by atoms with Crippen LogP contribution in [-0.4, -0.2) is 17.1 Å². The molecule has 0 unspecified atom stereocenters. The lowest BCUT2D eigenvalue weighted by Crippen LogP contribution is -2.39. The van der Waals surface area contributed by atoms with E-state index in [4.69, 9.17) is 9.47 Å². The minimum absolute atomic E-state index is 0.215. The molecular formula is C28H23FN2O4S2. The van der Waals surface area contributed by atoms with E-state index in [9.17, 15) is 14.0 Å². The van der Waals surface area contributed by atoms with Gasteiger partial charge in [-0.15, -0.1) is 11.3 Å². The van der Waals surface area contributed by atoms with Crippen molar-refractivity contribution in [2.75, 3.05) is 6.61 Å². The molecule has 6 nitrogen and oxygen atoms in total. The zero-order valence-corrected chi connectivity index (χ0v) is 21.8. The Kier molecular flexibility index (Phi) is 7.16. The Morgan fingerprint density at radius 3 is 2.57 bits per heavy atom. The first-order valence-electron chi connectivity index (χ1n) is 11.6. The number of thiazole rings is 1. The molecule has 3 heterocycles. The summed E-state index contributed by atoms with van der Waals surface area (Å²) in [7, 11) is 0. The summed E-state index contributed by atoms with van der Waals surface area (Å²) in [4.78, 5) is 32.4. The molecule has 0 amide bonds. The minimum Gasteiger partial charge on any atom is -0.489 e. The second kappa shape index (κ2) is 10.7. The van der Waals surface area contributed by atoms with E-state index in [1.165, 1.54) is 34.8 Å². The van der Waals surface area contributed by atoms with Crippen molar-refractivity contribution in [3.05, 3.63) is 119 Å². The van der Waals surface area contributed by atoms with Crippen molar-refractivity contribution in [1.29, 1.82) is 0 Å². The van der Waals surface area contributed by atoms with Gasteiger partial charge in [-0.25, -0.2) is 14.2 Å². The van der Waals surface area contributed by atoms with Gasteiger partial charge in [0.25, 0.3) is 5.56 Å². The van der Waals surface area contributed by atoms with E-state index >= 15 is 0 Å². The molecule has 4 aromatic rings. The molecule has 5 rings (SSSR count). The lowest BCUT2D eigenvalue weighted by atomic mass is 10.0. The molecular weight excluding hydrogens is 511 g/mol. The third kappa shape index (κ3) is 5.19. The maximum absolute atomic E-state index is 13.6. The lowest BCUT2D eigenvalue weighted by molar-refractivity contribution is -0.139. The van der Waals surface area contributed by atoms with Crippen LogP contribution >= 0.6 is 22.7 Å². The number of benzene rings is 2. The van der Waals surface area contributed by atoms with Crippen LogP contribution in [0.3, 0.4) is 0 Å². The predicted molar refractivity (Wildman–Crippen MR) is 142 cm³/mol. The van der Waals surface area contributed by atoms with Gasteiger partial charge in [-0.3, -0.25) is 9.36 Å². The highest BCUT2D eigenvalue weighted by molar-refractivity contribution is 7.10. The normalized spacial score (nSPS) is 15.3. The van der Waals surface area contributed by atoms with Crippen LogP contribution in [0.25, 0.3) is 6.08 Å². The van der Waals surface area contributed by atoms with Crippen molar-refractivity contribution in [3.8, 4) is 5.75 Å². The van der Waals surface area contributed by atoms with Gasteiger partial charge in [-0.1, -0.05) is 41.7 Å². The summed E-state index contributed by atoms with van der Waals surface area (Å²) >= 11 is 2.77. The number of rotatable bonds is 7. The van der Waals surface area contributed by atoms with Gasteiger partial charge in [-0.05, 0) is 66.8 Å². The molecule has 0 saturated heterocycles. The van der Waals surface area contributed by atoms with Gasteiger partial charge in [0.2, 0.25) is 0 Å². The second-order valence-corrected chi connectivity index (χ2v) is 10.3. The highest BCUT2D eigenvalue weighted by Gasteiger charge is 2.33. The van der Waals surface area contributed by atoms with E-state index in [-0.39, 0.29) is 18.0 Å². The van der Waals surface area contributed by atoms with Crippen molar-refractivity contribution in [1.82, 2.24) is 4.57 Å². The van der Waals surface area contributed by atoms with E-state index in [1.54, 1.807) is 30.5 Å². The van der Waals surface area contributed by atoms with Crippen molar-refractivity contribution >= 4 is 34.7 Å². The highest BCUT2D eigenvalue weighted by Crippen LogP contribution is 2.33. The van der Waals surface area contributed by atoms with Crippen LogP contribution in [0.2, 0.25) is 0 Å². The molecule has 0 bridgehead atoms. The molecule has 0 fully saturated rings. The summed E-state index contributed by atoms with van der Waals surface area (Å²) in [5.41, 5.74) is 2.41. The Bertz CT molecular complexity index is 1630. The van der Waals surface area contributed by atoms with E-state index in [1.807, 2.05) is 47.9 Å². The minimum atomic E-state index is -0.584. The Morgan fingerprint density at radius 2 is 1.89 bits per heavy atom. The maximum atomic E-state index is 13.6. The smallest absolute Gasteiger partial charge is 0.338 e. The molecule has 1 aliphatic rings. The van der Waals surface area contributed by atoms with Crippen LogP contribution in [0.1, 0.15) is 35.9 Å². The summed E-state index contributed by atoms with van der Waals surface area (Å²) in [6.07, 6.45) is 1.81. The molecule has 0 aliphatic carbocycles. The van der Waals surface area contributed by atoms with Crippen molar-refractivity contribution in [3.63, 3.8) is 0 Å². The molecule has 1 aliphatic heterocycles. The average molecular weight is 535 g/mol. The van der Waals surface area contributed by atoms with Crippen LogP contribution in [0.15, 0.2) is 87.1 Å². The number of halogens is 1. The van der Waals surface area contributed by atoms with E-state index in [0.29, 0.717) is 33.0 Å². The molecule has 9 heteroatoms. The summed E-state index contributed by atoms with van der Waals surface area (Å²) in [5.74, 6) is -0.0876. The van der Waals surface area contributed by atoms with Gasteiger partial charge >= 0.3 is 5.97 Å². The number of esters is 1. The second-order valence-electron chi connectivity index (χ2n) is 8.30. The SMILES string of the molecule is CCOC(=O)C1=C(C)N=c2s/c(=C\c3ccc(OCc4ccc(F)cc4)cc3)c(=O)n2[C@@H]1c1cccs1. The number of hydrogen-bond donors (Lipinski definition) is 0. The number of fused-ring (bicyclic) bond motifs is 1. The number of allylic oxidation sites excluding steroid dienone is 1. The number of thiophene rings is 1. The fourth-order valence-corrected chi connectivity index (χ4v) is 5.94. The summed E-state index contributed by atoms with van der Waals surface area (Å²) < 4.78 is 26.3. The molecule has 2 aromatic heterocycles. The van der Waals surface area contributed by atoms with Crippen LogP contribution in [-0.2, 0) is 16.1 Å². The van der Waals surface area contributed by atoms with Gasteiger partial charge in [0, 0.05) is 4.88 Å². The Labute approximate surface area is 220 Å². The predicted octanol–water partition coefficient (Wildman–Crippen LogP) is 4.58. The lowest BCUT2D eigenvalue weighted by Gasteiger charge is -2.23. The molecule has 1 atom stereocenters. The summed E-state index contributed by atoms with van der Waals surface area (Å²) in [6.45, 7) is 4.08. The molecule has 0 spiro atoms. The zero-order valence-electron chi connectivity index (χ0n) is 20.1. The summed E-state index contributed by atoms with van der Waals surface area (Å²) in [6, 6.07) is 16.8. The van der Waals surface area contributed by atoms with Gasteiger partial charge in [0.1, 0.15) is 24.2 Å². The third-order valence-corrected chi connectivity index (χ3v) is 7.73. The van der Waals surface area contributed by atoms with E-state index in [0.717, 1.165) is 16.0 Å². The van der Waals surface area contributed by atoms with Gasteiger partial charge in [-0.2, -0.15) is 0 Å². The number of nitrogens with zero attached hydrogens (tertiary/aromatic N) is 2. The highest BCUT2D eigenvalue weighted by atomic mass is 32.1. The fraction of sp³-hybridized carbons (Fsp3) is 0.179. The zero-order chi connectivity index (χ0) is 25.9. The molecule has 188 valence electrons. The summed E-state index contributed by atoms with van der Waals surface area (Å²) in [5, 5.41) is 1.92. The largest absolute Gasteiger partial charge is 0.489 e. The monoisotopic (exact) mass is 534 g/mol. The fourth-order valence-electron chi connectivity index (χ4n) is 4.07. The average Bonchev–Trinajstić information content (AvgIpc) is 3.52. The molecule has 0 N–H and O–H groups in total. The number of carbonyl (C=O) groups is 1. The van der Waals surface area contributed by atoms with Crippen LogP contribution in [0.5, 0.6) is 5.75 Å². The molecule has 0 saturated carbocycles. The molecule has 0 radical (unpaired) electrons. The molecule has 2 aromatic carbocycles. The van der Waals surface area contributed by atoms with E-state index < -0.39 is 12.0 Å². The van der Waals surface area contributed by atoms with Gasteiger partial charge < -0.3 is 9.47 Å². The Hall–Kier alpha value is -3.82. The van der Waals surface area contributed by atoms with Crippen LogP contribution in [0.4, 0.5) is 4.39 Å². The first kappa shape index (κ1) is 24.9. The van der Waals surface area contributed by atoms with Crippen molar-refractivity contribution in [2.45, 2.75) is 26.5 Å². The van der Waals surface area contributed by atoms with Crippen molar-refractivity contribution < 1.29 is 18.7 Å².